The fourth-order valence-electron chi connectivity index (χ4n) is 2.43. The smallest absolute Gasteiger partial charge is 0.492 e. The molecule has 11 heteroatoms. The molecule has 150 valence electrons. The number of nitrogens with one attached hydrogen (secondary N) is 2. The van der Waals surface area contributed by atoms with Gasteiger partial charge < -0.3 is 24.3 Å². The lowest BCUT2D eigenvalue weighted by atomic mass is 10.2. The second kappa shape index (κ2) is 7.19. The van der Waals surface area contributed by atoms with E-state index in [2.05, 4.69) is 5.32 Å². The third kappa shape index (κ3) is 3.68. The maximum atomic E-state index is 13.7. The van der Waals surface area contributed by atoms with E-state index in [4.69, 9.17) is 30.5 Å². The Morgan fingerprint density at radius 1 is 1.07 bits per heavy atom. The Bertz CT molecular complexity index is 909. The molecular formula is C17H14ClF3N2O5. The minimum atomic E-state index is -5.10. The number of hydrogen-bond donors (Lipinski definition) is 2. The van der Waals surface area contributed by atoms with Crippen molar-refractivity contribution < 1.29 is 36.9 Å². The predicted molar refractivity (Wildman–Crippen MR) is 93.2 cm³/mol. The van der Waals surface area contributed by atoms with Crippen LogP contribution in [-0.4, -0.2) is 32.3 Å². The van der Waals surface area contributed by atoms with Gasteiger partial charge in [0.1, 0.15) is 11.5 Å². The summed E-state index contributed by atoms with van der Waals surface area (Å²) in [7, 11) is 2.73. The number of urea groups is 1. The molecule has 2 aromatic carbocycles. The third-order valence-electron chi connectivity index (χ3n) is 3.72. The first kappa shape index (κ1) is 19.7. The number of carbonyl (C=O) groups excluding carboxylic acids is 1. The number of fused-ring (bicyclic) bond motifs is 1. The van der Waals surface area contributed by atoms with Crippen LogP contribution >= 0.6 is 11.6 Å². The van der Waals surface area contributed by atoms with Gasteiger partial charge in [0.05, 0.1) is 19.9 Å². The number of halogens is 4. The van der Waals surface area contributed by atoms with Gasteiger partial charge in [-0.25, -0.2) is 4.79 Å². The van der Waals surface area contributed by atoms with Crippen LogP contribution in [0.15, 0.2) is 36.4 Å². The van der Waals surface area contributed by atoms with E-state index < -0.39 is 18.1 Å². The van der Waals surface area contributed by atoms with Gasteiger partial charge >= 0.3 is 18.1 Å². The Morgan fingerprint density at radius 2 is 1.79 bits per heavy atom. The molecule has 0 bridgehead atoms. The Morgan fingerprint density at radius 3 is 2.43 bits per heavy atom. The molecule has 0 spiro atoms. The summed E-state index contributed by atoms with van der Waals surface area (Å²) < 4.78 is 60.9. The summed E-state index contributed by atoms with van der Waals surface area (Å²) in [6.07, 6.45) is -5.10. The Labute approximate surface area is 162 Å². The first-order valence-corrected chi connectivity index (χ1v) is 8.11. The topological polar surface area (TPSA) is 78.1 Å². The van der Waals surface area contributed by atoms with Crippen molar-refractivity contribution in [3.63, 3.8) is 0 Å². The van der Waals surface area contributed by atoms with Crippen molar-refractivity contribution in [1.29, 1.82) is 0 Å². The molecule has 1 heterocycles. The van der Waals surface area contributed by atoms with Crippen molar-refractivity contribution in [3.8, 4) is 23.0 Å². The number of ether oxygens (including phenoxy) is 4. The fraction of sp³-hybridized carbons (Fsp3) is 0.235. The SMILES string of the molecule is COc1ccc(OC)c(NC(=O)N[C@]2(C(F)(F)F)Oc3ccc(Cl)cc3O2)c1. The van der Waals surface area contributed by atoms with Gasteiger partial charge in [0.2, 0.25) is 0 Å². The lowest BCUT2D eigenvalue weighted by Gasteiger charge is -2.29. The summed E-state index contributed by atoms with van der Waals surface area (Å²) in [6, 6.07) is 6.85. The van der Waals surface area contributed by atoms with Gasteiger partial charge in [0.15, 0.2) is 11.5 Å². The van der Waals surface area contributed by atoms with Gasteiger partial charge in [-0.1, -0.05) is 11.6 Å². The summed E-state index contributed by atoms with van der Waals surface area (Å²) in [5.41, 5.74) is 0.0789. The lowest BCUT2D eigenvalue weighted by Crippen LogP contribution is -2.65. The summed E-state index contributed by atoms with van der Waals surface area (Å²) >= 11 is 5.76. The number of amides is 2. The van der Waals surface area contributed by atoms with Crippen LogP contribution in [0.3, 0.4) is 0 Å². The average Bonchev–Trinajstić information content (AvgIpc) is 2.99. The highest BCUT2D eigenvalue weighted by molar-refractivity contribution is 6.30. The van der Waals surface area contributed by atoms with E-state index >= 15 is 0 Å². The van der Waals surface area contributed by atoms with Gasteiger partial charge in [0.25, 0.3) is 0 Å². The molecule has 0 aromatic heterocycles. The van der Waals surface area contributed by atoms with Gasteiger partial charge in [-0.2, -0.15) is 13.2 Å². The van der Waals surface area contributed by atoms with Crippen molar-refractivity contribution in [3.05, 3.63) is 41.4 Å². The standard InChI is InChI=1S/C17H14ClF3N2O5/c1-25-10-4-6-12(26-2)11(8-10)22-15(24)23-17(16(19,20)21)27-13-5-3-9(18)7-14(13)28-17/h3-8H,1-2H3,(H2,22,23,24)/t17-/m1/s1. The second-order valence-corrected chi connectivity index (χ2v) is 5.99. The minimum absolute atomic E-state index is 0.0789. The zero-order chi connectivity index (χ0) is 20.5. The molecule has 1 aliphatic heterocycles. The lowest BCUT2D eigenvalue weighted by molar-refractivity contribution is -0.317. The second-order valence-electron chi connectivity index (χ2n) is 5.55. The maximum absolute atomic E-state index is 13.7. The minimum Gasteiger partial charge on any atom is -0.497 e. The first-order chi connectivity index (χ1) is 13.2. The Balaban J connectivity index is 1.85. The van der Waals surface area contributed by atoms with Crippen LogP contribution < -0.4 is 29.6 Å². The molecule has 7 nitrogen and oxygen atoms in total. The predicted octanol–water partition coefficient (Wildman–Crippen LogP) is 4.17. The molecule has 0 saturated heterocycles. The van der Waals surface area contributed by atoms with Gasteiger partial charge in [-0.15, -0.1) is 0 Å². The zero-order valence-electron chi connectivity index (χ0n) is 14.5. The van der Waals surface area contributed by atoms with E-state index in [0.29, 0.717) is 5.75 Å². The molecule has 2 amide bonds. The molecule has 2 N–H and O–H groups in total. The maximum Gasteiger partial charge on any atom is 0.492 e. The van der Waals surface area contributed by atoms with Crippen LogP contribution in [-0.2, 0) is 0 Å². The number of alkyl halides is 3. The molecule has 28 heavy (non-hydrogen) atoms. The van der Waals surface area contributed by atoms with Crippen LogP contribution in [0.5, 0.6) is 23.0 Å². The molecular weight excluding hydrogens is 405 g/mol. The van der Waals surface area contributed by atoms with E-state index in [-0.39, 0.29) is 28.0 Å². The number of methoxy groups -OCH3 is 2. The van der Waals surface area contributed by atoms with Crippen molar-refractivity contribution >= 4 is 23.3 Å². The van der Waals surface area contributed by atoms with E-state index in [9.17, 15) is 18.0 Å². The third-order valence-corrected chi connectivity index (χ3v) is 3.95. The fourth-order valence-corrected chi connectivity index (χ4v) is 2.59. The number of rotatable bonds is 4. The highest BCUT2D eigenvalue weighted by Gasteiger charge is 2.65. The summed E-state index contributed by atoms with van der Waals surface area (Å²) in [5, 5.41) is 4.08. The number of anilines is 1. The molecule has 0 radical (unpaired) electrons. The highest BCUT2D eigenvalue weighted by Crippen LogP contribution is 2.46. The molecule has 0 fully saturated rings. The summed E-state index contributed by atoms with van der Waals surface area (Å²) in [6.45, 7) is 0. The average molecular weight is 419 g/mol. The van der Waals surface area contributed by atoms with Crippen molar-refractivity contribution in [1.82, 2.24) is 5.32 Å². The van der Waals surface area contributed by atoms with Crippen LogP contribution in [0.1, 0.15) is 0 Å². The van der Waals surface area contributed by atoms with Crippen molar-refractivity contribution in [2.75, 3.05) is 19.5 Å². The molecule has 1 aliphatic rings. The van der Waals surface area contributed by atoms with Crippen LogP contribution in [0.4, 0.5) is 23.7 Å². The normalized spacial score (nSPS) is 17.8. The Kier molecular flexibility index (Phi) is 5.07. The van der Waals surface area contributed by atoms with Gasteiger partial charge in [-0.05, 0) is 24.3 Å². The zero-order valence-corrected chi connectivity index (χ0v) is 15.3. The first-order valence-electron chi connectivity index (χ1n) is 7.73. The van der Waals surface area contributed by atoms with Gasteiger partial charge in [-0.3, -0.25) is 5.32 Å². The molecule has 3 rings (SSSR count). The number of hydrogen-bond acceptors (Lipinski definition) is 5. The summed E-state index contributed by atoms with van der Waals surface area (Å²) in [5.74, 6) is -3.33. The molecule has 1 atom stereocenters. The van der Waals surface area contributed by atoms with Crippen LogP contribution in [0, 0.1) is 0 Å². The van der Waals surface area contributed by atoms with E-state index in [0.717, 1.165) is 6.07 Å². The van der Waals surface area contributed by atoms with Crippen molar-refractivity contribution in [2.45, 2.75) is 12.1 Å². The molecule has 2 aromatic rings. The van der Waals surface area contributed by atoms with E-state index in [1.165, 1.54) is 38.5 Å². The van der Waals surface area contributed by atoms with Crippen molar-refractivity contribution in [2.24, 2.45) is 0 Å². The monoisotopic (exact) mass is 418 g/mol. The molecule has 0 saturated carbocycles. The van der Waals surface area contributed by atoms with Crippen LogP contribution in [0.2, 0.25) is 5.02 Å². The quantitative estimate of drug-likeness (QED) is 0.779. The number of benzene rings is 2. The highest BCUT2D eigenvalue weighted by atomic mass is 35.5. The number of carbonyl (C=O) groups is 1. The summed E-state index contributed by atoms with van der Waals surface area (Å²) in [4.78, 5) is 12.3. The largest absolute Gasteiger partial charge is 0.497 e. The van der Waals surface area contributed by atoms with Gasteiger partial charge in [0, 0.05) is 17.2 Å². The molecule has 0 aliphatic carbocycles. The van der Waals surface area contributed by atoms with E-state index in [1.807, 2.05) is 0 Å². The van der Waals surface area contributed by atoms with Crippen LogP contribution in [0.25, 0.3) is 0 Å². The molecule has 0 unspecified atom stereocenters. The Hall–Kier alpha value is -3.01. The van der Waals surface area contributed by atoms with E-state index in [1.54, 1.807) is 11.4 Å².